The van der Waals surface area contributed by atoms with Gasteiger partial charge in [-0.1, -0.05) is 36.6 Å². The van der Waals surface area contributed by atoms with E-state index in [4.69, 9.17) is 16.2 Å². The first kappa shape index (κ1) is 18.2. The average Bonchev–Trinajstić information content (AvgIpc) is 2.91. The van der Waals surface area contributed by atoms with Gasteiger partial charge in [0.2, 0.25) is 0 Å². The molecule has 0 spiro atoms. The van der Waals surface area contributed by atoms with E-state index >= 15 is 0 Å². The zero-order valence-corrected chi connectivity index (χ0v) is 15.4. The number of fused-ring (bicyclic) bond motifs is 1. The fourth-order valence-corrected chi connectivity index (χ4v) is 3.96. The number of H-pyrrole nitrogens is 1. The van der Waals surface area contributed by atoms with E-state index < -0.39 is 10.1 Å². The van der Waals surface area contributed by atoms with Crippen LogP contribution in [0, 0.1) is 0 Å². The standard InChI is InChI=1S/C18H21ClN2O3S/c19-15-7-4-5-13(12-15)11-14-6-2-1-3-8-16-17(20-21-18(14)16)9-10-25(22,23)24/h4-5,7,9-10,12,14H,1-3,6,8,11H2,(H,20,21)(H,22,23,24)/b10-9+. The van der Waals surface area contributed by atoms with Crippen LogP contribution in [0.15, 0.2) is 29.7 Å². The van der Waals surface area contributed by atoms with Crippen molar-refractivity contribution in [2.45, 2.75) is 44.4 Å². The molecule has 0 amide bonds. The molecule has 3 rings (SSSR count). The molecular formula is C18H21ClN2O3S. The van der Waals surface area contributed by atoms with Gasteiger partial charge in [0.05, 0.1) is 11.1 Å². The molecule has 0 saturated heterocycles. The van der Waals surface area contributed by atoms with Crippen molar-refractivity contribution in [3.05, 3.63) is 57.2 Å². The summed E-state index contributed by atoms with van der Waals surface area (Å²) in [6, 6.07) is 7.87. The fourth-order valence-electron chi connectivity index (χ4n) is 3.45. The highest BCUT2D eigenvalue weighted by molar-refractivity contribution is 7.88. The minimum atomic E-state index is -4.16. The summed E-state index contributed by atoms with van der Waals surface area (Å²) in [5, 5.41) is 8.90. The number of aromatic nitrogens is 2. The Morgan fingerprint density at radius 3 is 2.92 bits per heavy atom. The molecule has 1 aromatic heterocycles. The summed E-state index contributed by atoms with van der Waals surface area (Å²) in [4.78, 5) is 0. The van der Waals surface area contributed by atoms with Crippen LogP contribution in [0.2, 0.25) is 5.02 Å². The first-order chi connectivity index (χ1) is 11.9. The van der Waals surface area contributed by atoms with Crippen molar-refractivity contribution in [3.63, 3.8) is 0 Å². The number of nitrogens with one attached hydrogen (secondary N) is 1. The highest BCUT2D eigenvalue weighted by atomic mass is 35.5. The Balaban J connectivity index is 1.92. The van der Waals surface area contributed by atoms with Crippen molar-refractivity contribution < 1.29 is 13.0 Å². The Bertz CT molecular complexity index is 874. The number of rotatable bonds is 4. The number of aromatic amines is 1. The lowest BCUT2D eigenvalue weighted by molar-refractivity contribution is 0.494. The van der Waals surface area contributed by atoms with Crippen LogP contribution in [0.1, 0.15) is 54.1 Å². The van der Waals surface area contributed by atoms with E-state index in [1.165, 1.54) is 11.6 Å². The normalized spacial score (nSPS) is 18.7. The van der Waals surface area contributed by atoms with Gasteiger partial charge >= 0.3 is 0 Å². The Labute approximate surface area is 152 Å². The molecule has 0 aliphatic heterocycles. The van der Waals surface area contributed by atoms with Gasteiger partial charge in [-0.15, -0.1) is 0 Å². The minimum Gasteiger partial charge on any atom is -0.282 e. The first-order valence-electron chi connectivity index (χ1n) is 8.39. The van der Waals surface area contributed by atoms with Gasteiger partial charge in [-0.2, -0.15) is 13.5 Å². The van der Waals surface area contributed by atoms with Gasteiger partial charge in [0.1, 0.15) is 0 Å². The van der Waals surface area contributed by atoms with Crippen LogP contribution in [0.3, 0.4) is 0 Å². The maximum atomic E-state index is 11.0. The predicted molar refractivity (Wildman–Crippen MR) is 99.2 cm³/mol. The fraction of sp³-hybridized carbons (Fsp3) is 0.389. The number of hydrogen-bond donors (Lipinski definition) is 2. The molecule has 1 atom stereocenters. The van der Waals surface area contributed by atoms with Crippen LogP contribution >= 0.6 is 11.6 Å². The van der Waals surface area contributed by atoms with Crippen LogP contribution in [0.5, 0.6) is 0 Å². The van der Waals surface area contributed by atoms with Crippen LogP contribution in [0.25, 0.3) is 6.08 Å². The molecule has 0 fully saturated rings. The van der Waals surface area contributed by atoms with E-state index in [-0.39, 0.29) is 5.92 Å². The van der Waals surface area contributed by atoms with Gasteiger partial charge in [-0.25, -0.2) is 0 Å². The zero-order valence-electron chi connectivity index (χ0n) is 13.8. The highest BCUT2D eigenvalue weighted by Crippen LogP contribution is 2.33. The molecule has 134 valence electrons. The van der Waals surface area contributed by atoms with E-state index in [9.17, 15) is 8.42 Å². The second-order valence-electron chi connectivity index (χ2n) is 6.45. The van der Waals surface area contributed by atoms with Crippen molar-refractivity contribution in [2.75, 3.05) is 0 Å². The van der Waals surface area contributed by atoms with Gasteiger partial charge in [-0.3, -0.25) is 9.65 Å². The maximum absolute atomic E-state index is 11.0. The molecule has 7 heteroatoms. The minimum absolute atomic E-state index is 0.286. The zero-order chi connectivity index (χ0) is 17.9. The predicted octanol–water partition coefficient (Wildman–Crippen LogP) is 4.36. The second kappa shape index (κ2) is 7.72. The van der Waals surface area contributed by atoms with Crippen molar-refractivity contribution in [2.24, 2.45) is 0 Å². The van der Waals surface area contributed by atoms with Crippen molar-refractivity contribution in [1.82, 2.24) is 10.2 Å². The van der Waals surface area contributed by atoms with Gasteiger partial charge in [0, 0.05) is 22.2 Å². The monoisotopic (exact) mass is 380 g/mol. The Hall–Kier alpha value is -1.63. The maximum Gasteiger partial charge on any atom is 0.287 e. The summed E-state index contributed by atoms with van der Waals surface area (Å²) in [5.74, 6) is 0.286. The molecule has 25 heavy (non-hydrogen) atoms. The second-order valence-corrected chi connectivity index (χ2v) is 8.19. The largest absolute Gasteiger partial charge is 0.287 e. The summed E-state index contributed by atoms with van der Waals surface area (Å²) in [6.07, 6.45) is 7.45. The molecule has 0 bridgehead atoms. The molecule has 0 radical (unpaired) electrons. The summed E-state index contributed by atoms with van der Waals surface area (Å²) < 4.78 is 30.9. The number of halogens is 1. The van der Waals surface area contributed by atoms with Gasteiger partial charge in [0.25, 0.3) is 10.1 Å². The van der Waals surface area contributed by atoms with Crippen molar-refractivity contribution in [1.29, 1.82) is 0 Å². The van der Waals surface area contributed by atoms with Gasteiger partial charge < -0.3 is 0 Å². The molecule has 1 aliphatic carbocycles. The lowest BCUT2D eigenvalue weighted by atomic mass is 9.85. The smallest absolute Gasteiger partial charge is 0.282 e. The van der Waals surface area contributed by atoms with Gasteiger partial charge in [0.15, 0.2) is 0 Å². The third-order valence-corrected chi connectivity index (χ3v) is 5.30. The quantitative estimate of drug-likeness (QED) is 0.771. The average molecular weight is 381 g/mol. The molecule has 1 aromatic carbocycles. The third-order valence-electron chi connectivity index (χ3n) is 4.59. The molecule has 2 N–H and O–H groups in total. The molecular weight excluding hydrogens is 360 g/mol. The van der Waals surface area contributed by atoms with Crippen LogP contribution in [-0.4, -0.2) is 23.2 Å². The third kappa shape index (κ3) is 4.93. The number of hydrogen-bond acceptors (Lipinski definition) is 3. The van der Waals surface area contributed by atoms with E-state index in [0.717, 1.165) is 60.2 Å². The molecule has 1 aliphatic rings. The molecule has 0 saturated carbocycles. The Morgan fingerprint density at radius 2 is 2.16 bits per heavy atom. The van der Waals surface area contributed by atoms with Crippen molar-refractivity contribution >= 4 is 27.8 Å². The molecule has 1 heterocycles. The lowest BCUT2D eigenvalue weighted by Gasteiger charge is -2.20. The summed E-state index contributed by atoms with van der Waals surface area (Å²) in [7, 11) is -4.16. The summed E-state index contributed by atoms with van der Waals surface area (Å²) >= 11 is 6.10. The summed E-state index contributed by atoms with van der Waals surface area (Å²) in [6.45, 7) is 0. The SMILES string of the molecule is O=S(=O)(O)/C=C/c1n[nH]c2c1CCCCCC2Cc1cccc(Cl)c1. The summed E-state index contributed by atoms with van der Waals surface area (Å²) in [5.41, 5.74) is 3.88. The van der Waals surface area contributed by atoms with Gasteiger partial charge in [-0.05, 0) is 49.5 Å². The van der Waals surface area contributed by atoms with Crippen LogP contribution < -0.4 is 0 Å². The van der Waals surface area contributed by atoms with Crippen molar-refractivity contribution in [3.8, 4) is 0 Å². The number of benzene rings is 1. The molecule has 2 aromatic rings. The van der Waals surface area contributed by atoms with E-state index in [1.807, 2.05) is 18.2 Å². The van der Waals surface area contributed by atoms with E-state index in [2.05, 4.69) is 16.3 Å². The molecule has 5 nitrogen and oxygen atoms in total. The van der Waals surface area contributed by atoms with Crippen LogP contribution in [0.4, 0.5) is 0 Å². The highest BCUT2D eigenvalue weighted by Gasteiger charge is 2.22. The van der Waals surface area contributed by atoms with E-state index in [0.29, 0.717) is 5.69 Å². The first-order valence-corrected chi connectivity index (χ1v) is 10.3. The van der Waals surface area contributed by atoms with E-state index in [1.54, 1.807) is 0 Å². The number of nitrogens with zero attached hydrogens (tertiary/aromatic N) is 1. The topological polar surface area (TPSA) is 83.1 Å². The van der Waals surface area contributed by atoms with Crippen LogP contribution in [-0.2, 0) is 23.0 Å². The lowest BCUT2D eigenvalue weighted by Crippen LogP contribution is -2.09. The molecule has 1 unspecified atom stereocenters. The Morgan fingerprint density at radius 1 is 1.32 bits per heavy atom. The Kier molecular flexibility index (Phi) is 5.61.